The second-order valence-electron chi connectivity index (χ2n) is 7.86. The lowest BCUT2D eigenvalue weighted by atomic mass is 9.79. The Bertz CT molecular complexity index is 729. The van der Waals surface area contributed by atoms with Crippen molar-refractivity contribution in [3.63, 3.8) is 0 Å². The van der Waals surface area contributed by atoms with Gasteiger partial charge in [0, 0.05) is 38.4 Å². The van der Waals surface area contributed by atoms with E-state index in [2.05, 4.69) is 36.0 Å². The van der Waals surface area contributed by atoms with Crippen LogP contribution in [0.15, 0.2) is 17.3 Å². The maximum atomic E-state index is 11.3. The van der Waals surface area contributed by atoms with Gasteiger partial charge in [-0.15, -0.1) is 0 Å². The van der Waals surface area contributed by atoms with E-state index in [0.29, 0.717) is 11.8 Å². The molecule has 1 aromatic rings. The fourth-order valence-corrected chi connectivity index (χ4v) is 4.31. The van der Waals surface area contributed by atoms with E-state index in [-0.39, 0.29) is 12.0 Å². The number of ether oxygens (including phenoxy) is 2. The molecule has 2 unspecified atom stereocenters. The fraction of sp³-hybridized carbons (Fsp3) is 0.619. The van der Waals surface area contributed by atoms with E-state index in [4.69, 9.17) is 14.3 Å². The molecule has 6 nitrogen and oxygen atoms in total. The third-order valence-corrected chi connectivity index (χ3v) is 5.49. The van der Waals surface area contributed by atoms with Crippen molar-refractivity contribution in [1.82, 2.24) is 4.90 Å². The number of oxime groups is 1. The Morgan fingerprint density at radius 2 is 1.96 bits per heavy atom. The predicted molar refractivity (Wildman–Crippen MR) is 104 cm³/mol. The number of hydrogen-bond donors (Lipinski definition) is 0. The summed E-state index contributed by atoms with van der Waals surface area (Å²) in [4.78, 5) is 18.8. The van der Waals surface area contributed by atoms with E-state index < -0.39 is 0 Å². The Hall–Kier alpha value is -2.08. The summed E-state index contributed by atoms with van der Waals surface area (Å²) in [6.45, 7) is 7.79. The Kier molecular flexibility index (Phi) is 6.05. The van der Waals surface area contributed by atoms with Gasteiger partial charge in [0.05, 0.1) is 19.9 Å². The molecule has 1 aromatic carbocycles. The molecule has 1 saturated heterocycles. The third-order valence-electron chi connectivity index (χ3n) is 5.49. The molecule has 2 heterocycles. The van der Waals surface area contributed by atoms with Crippen LogP contribution in [-0.4, -0.2) is 43.9 Å². The van der Waals surface area contributed by atoms with E-state index >= 15 is 0 Å². The molecule has 2 aliphatic rings. The minimum Gasteiger partial charge on any atom is -0.493 e. The SMILES string of the molecule is COc1cc2c(cc1OC)C1C/C(=N\OC(C)=O)C(CC(C)C)CN1CC2. The Morgan fingerprint density at radius 3 is 2.59 bits per heavy atom. The van der Waals surface area contributed by atoms with Crippen molar-refractivity contribution in [3.05, 3.63) is 23.3 Å². The van der Waals surface area contributed by atoms with Crippen LogP contribution in [0.3, 0.4) is 0 Å². The average molecular weight is 374 g/mol. The zero-order valence-electron chi connectivity index (χ0n) is 16.9. The Balaban J connectivity index is 1.93. The van der Waals surface area contributed by atoms with E-state index in [9.17, 15) is 4.79 Å². The number of carbonyl (C=O) groups is 1. The van der Waals surface area contributed by atoms with Crippen LogP contribution in [0.2, 0.25) is 0 Å². The topological polar surface area (TPSA) is 60.4 Å². The highest BCUT2D eigenvalue weighted by Gasteiger charge is 2.38. The summed E-state index contributed by atoms with van der Waals surface area (Å²) >= 11 is 0. The average Bonchev–Trinajstić information content (AvgIpc) is 2.64. The van der Waals surface area contributed by atoms with Crippen molar-refractivity contribution in [3.8, 4) is 11.5 Å². The summed E-state index contributed by atoms with van der Waals surface area (Å²) in [5.41, 5.74) is 3.54. The molecule has 1 fully saturated rings. The molecule has 27 heavy (non-hydrogen) atoms. The fourth-order valence-electron chi connectivity index (χ4n) is 4.31. The highest BCUT2D eigenvalue weighted by molar-refractivity contribution is 5.88. The maximum absolute atomic E-state index is 11.3. The molecule has 2 aliphatic heterocycles. The van der Waals surface area contributed by atoms with E-state index in [1.54, 1.807) is 14.2 Å². The first-order chi connectivity index (χ1) is 12.9. The molecule has 3 rings (SSSR count). The largest absolute Gasteiger partial charge is 0.493 e. The van der Waals surface area contributed by atoms with Crippen LogP contribution in [0.5, 0.6) is 11.5 Å². The van der Waals surface area contributed by atoms with Crippen molar-refractivity contribution >= 4 is 11.7 Å². The second kappa shape index (κ2) is 8.30. The number of methoxy groups -OCH3 is 2. The van der Waals surface area contributed by atoms with Crippen molar-refractivity contribution in [2.45, 2.75) is 46.1 Å². The van der Waals surface area contributed by atoms with Gasteiger partial charge in [-0.2, -0.15) is 0 Å². The number of fused-ring (bicyclic) bond motifs is 3. The first-order valence-corrected chi connectivity index (χ1v) is 9.66. The Morgan fingerprint density at radius 1 is 1.26 bits per heavy atom. The molecule has 0 aliphatic carbocycles. The van der Waals surface area contributed by atoms with Gasteiger partial charge in [0.15, 0.2) is 11.5 Å². The molecular weight excluding hydrogens is 344 g/mol. The molecule has 0 amide bonds. The number of piperidine rings is 1. The molecule has 0 saturated carbocycles. The lowest BCUT2D eigenvalue weighted by molar-refractivity contribution is -0.141. The van der Waals surface area contributed by atoms with Crippen LogP contribution in [-0.2, 0) is 16.1 Å². The molecular formula is C21H30N2O4. The van der Waals surface area contributed by atoms with Gasteiger partial charge in [-0.3, -0.25) is 4.90 Å². The predicted octanol–water partition coefficient (Wildman–Crippen LogP) is 3.59. The van der Waals surface area contributed by atoms with Crippen molar-refractivity contribution in [1.29, 1.82) is 0 Å². The van der Waals surface area contributed by atoms with E-state index in [1.807, 2.05) is 0 Å². The second-order valence-corrected chi connectivity index (χ2v) is 7.86. The lowest BCUT2D eigenvalue weighted by Gasteiger charge is -2.44. The van der Waals surface area contributed by atoms with Crippen LogP contribution < -0.4 is 9.47 Å². The summed E-state index contributed by atoms with van der Waals surface area (Å²) in [6, 6.07) is 4.41. The molecule has 6 heteroatoms. The molecule has 0 radical (unpaired) electrons. The normalized spacial score (nSPS) is 23.7. The van der Waals surface area contributed by atoms with Crippen LogP contribution in [0, 0.1) is 11.8 Å². The number of rotatable bonds is 5. The summed E-state index contributed by atoms with van der Waals surface area (Å²) < 4.78 is 11.0. The van der Waals surface area contributed by atoms with Crippen molar-refractivity contribution < 1.29 is 19.1 Å². The van der Waals surface area contributed by atoms with Gasteiger partial charge < -0.3 is 14.3 Å². The maximum Gasteiger partial charge on any atom is 0.331 e. The van der Waals surface area contributed by atoms with Crippen molar-refractivity contribution in [2.75, 3.05) is 27.3 Å². The van der Waals surface area contributed by atoms with Gasteiger partial charge in [-0.1, -0.05) is 19.0 Å². The number of benzene rings is 1. The minimum absolute atomic E-state index is 0.228. The minimum atomic E-state index is -0.372. The Labute approximate surface area is 161 Å². The van der Waals surface area contributed by atoms with E-state index in [1.165, 1.54) is 18.1 Å². The third kappa shape index (κ3) is 4.26. The highest BCUT2D eigenvalue weighted by Crippen LogP contribution is 2.42. The van der Waals surface area contributed by atoms with Crippen LogP contribution in [0.1, 0.15) is 50.8 Å². The molecule has 148 valence electrons. The smallest absolute Gasteiger partial charge is 0.331 e. The molecule has 0 bridgehead atoms. The van der Waals surface area contributed by atoms with Crippen LogP contribution in [0.25, 0.3) is 0 Å². The number of hydrogen-bond acceptors (Lipinski definition) is 6. The van der Waals surface area contributed by atoms with Crippen molar-refractivity contribution in [2.24, 2.45) is 17.0 Å². The lowest BCUT2D eigenvalue weighted by Crippen LogP contribution is -2.46. The summed E-state index contributed by atoms with van der Waals surface area (Å²) in [7, 11) is 3.33. The van der Waals surface area contributed by atoms with Crippen LogP contribution >= 0.6 is 0 Å². The molecule has 0 spiro atoms. The quantitative estimate of drug-likeness (QED) is 0.582. The van der Waals surface area contributed by atoms with Gasteiger partial charge >= 0.3 is 5.97 Å². The highest BCUT2D eigenvalue weighted by atomic mass is 16.7. The summed E-state index contributed by atoms with van der Waals surface area (Å²) in [5, 5.41) is 4.24. The monoisotopic (exact) mass is 374 g/mol. The summed E-state index contributed by atoms with van der Waals surface area (Å²) in [6.07, 6.45) is 2.81. The number of carbonyl (C=O) groups excluding carboxylic acids is 1. The molecule has 2 atom stereocenters. The molecule has 0 N–H and O–H groups in total. The molecule has 0 aromatic heterocycles. The zero-order chi connectivity index (χ0) is 19.6. The van der Waals surface area contributed by atoms with E-state index in [0.717, 1.165) is 49.6 Å². The van der Waals surface area contributed by atoms with Gasteiger partial charge in [0.25, 0.3) is 0 Å². The van der Waals surface area contributed by atoms with Gasteiger partial charge in [0.2, 0.25) is 0 Å². The summed E-state index contributed by atoms with van der Waals surface area (Å²) in [5.74, 6) is 2.04. The number of nitrogens with zero attached hydrogens (tertiary/aromatic N) is 2. The van der Waals surface area contributed by atoms with Crippen LogP contribution in [0.4, 0.5) is 0 Å². The van der Waals surface area contributed by atoms with Gasteiger partial charge in [0.1, 0.15) is 0 Å². The van der Waals surface area contributed by atoms with Gasteiger partial charge in [-0.05, 0) is 42.0 Å². The first kappa shape index (κ1) is 19.7. The zero-order valence-corrected chi connectivity index (χ0v) is 16.9. The standard InChI is InChI=1S/C21H30N2O4/c1-13(2)8-16-12-23-7-6-15-9-20(25-4)21(26-5)10-17(15)19(23)11-18(16)22-27-14(3)24/h9-10,13,16,19H,6-8,11-12H2,1-5H3/b22-18+. The van der Waals surface area contributed by atoms with Gasteiger partial charge in [-0.25, -0.2) is 4.79 Å². The first-order valence-electron chi connectivity index (χ1n) is 9.66.